The van der Waals surface area contributed by atoms with E-state index < -0.39 is 0 Å². The minimum absolute atomic E-state index is 0.154. The van der Waals surface area contributed by atoms with E-state index in [9.17, 15) is 5.11 Å². The third-order valence-electron chi connectivity index (χ3n) is 5.47. The van der Waals surface area contributed by atoms with E-state index in [-0.39, 0.29) is 12.0 Å². The van der Waals surface area contributed by atoms with Crippen molar-refractivity contribution in [3.63, 3.8) is 0 Å². The van der Waals surface area contributed by atoms with Crippen molar-refractivity contribution >= 4 is 16.9 Å². The van der Waals surface area contributed by atoms with Gasteiger partial charge in [0, 0.05) is 18.5 Å². The highest BCUT2D eigenvalue weighted by Crippen LogP contribution is 2.35. The van der Waals surface area contributed by atoms with Crippen LogP contribution in [0.3, 0.4) is 0 Å². The normalized spacial score (nSPS) is 20.0. The smallest absolute Gasteiger partial charge is 0.147 e. The molecule has 140 valence electrons. The lowest BCUT2D eigenvalue weighted by Gasteiger charge is -2.42. The maximum absolute atomic E-state index is 10.3. The van der Waals surface area contributed by atoms with E-state index in [0.717, 1.165) is 55.0 Å². The van der Waals surface area contributed by atoms with Gasteiger partial charge in [-0.15, -0.1) is 0 Å². The van der Waals surface area contributed by atoms with Gasteiger partial charge in [0.05, 0.1) is 30.9 Å². The summed E-state index contributed by atoms with van der Waals surface area (Å²) in [4.78, 5) is 11.6. The van der Waals surface area contributed by atoms with Crippen LogP contribution >= 0.6 is 0 Å². The molecule has 5 heteroatoms. The van der Waals surface area contributed by atoms with E-state index >= 15 is 0 Å². The SMILES string of the molecule is COc1cccc(C[C@]2(CO)CCCN(c3cnc4ccccc4n3)C2)c1. The number of aromatic nitrogens is 2. The second kappa shape index (κ2) is 7.53. The molecule has 1 N–H and O–H groups in total. The van der Waals surface area contributed by atoms with Crippen LogP contribution in [-0.4, -0.2) is 41.9 Å². The van der Waals surface area contributed by atoms with E-state index in [4.69, 9.17) is 9.72 Å². The molecule has 0 unspecified atom stereocenters. The number of benzene rings is 2. The molecule has 0 saturated carbocycles. The van der Waals surface area contributed by atoms with Crippen molar-refractivity contribution in [1.82, 2.24) is 9.97 Å². The molecule has 2 aromatic carbocycles. The standard InChI is InChI=1S/C22H25N3O2/c1-27-18-7-4-6-17(12-18)13-22(16-26)10-5-11-25(15-22)21-14-23-19-8-2-3-9-20(19)24-21/h2-4,6-9,12,14,26H,5,10-11,13,15-16H2,1H3/t22-/m1/s1. The Hall–Kier alpha value is -2.66. The fourth-order valence-electron chi connectivity index (χ4n) is 4.05. The summed E-state index contributed by atoms with van der Waals surface area (Å²) >= 11 is 0. The zero-order valence-electron chi connectivity index (χ0n) is 15.6. The zero-order valence-corrected chi connectivity index (χ0v) is 15.6. The number of aliphatic hydroxyl groups is 1. The Labute approximate surface area is 159 Å². The molecule has 1 atom stereocenters. The van der Waals surface area contributed by atoms with Gasteiger partial charge in [0.2, 0.25) is 0 Å². The summed E-state index contributed by atoms with van der Waals surface area (Å²) in [7, 11) is 1.68. The van der Waals surface area contributed by atoms with E-state index in [1.165, 1.54) is 5.56 Å². The third-order valence-corrected chi connectivity index (χ3v) is 5.47. The minimum Gasteiger partial charge on any atom is -0.497 e. The summed E-state index contributed by atoms with van der Waals surface area (Å²) in [5.41, 5.74) is 2.82. The number of para-hydroxylation sites is 2. The van der Waals surface area contributed by atoms with Gasteiger partial charge < -0.3 is 14.7 Å². The molecule has 0 bridgehead atoms. The lowest BCUT2D eigenvalue weighted by Crippen LogP contribution is -2.47. The molecule has 1 fully saturated rings. The van der Waals surface area contributed by atoms with Crippen molar-refractivity contribution in [2.24, 2.45) is 5.41 Å². The van der Waals surface area contributed by atoms with Crippen molar-refractivity contribution in [3.05, 3.63) is 60.3 Å². The Morgan fingerprint density at radius 2 is 2.00 bits per heavy atom. The number of fused-ring (bicyclic) bond motifs is 1. The first-order valence-electron chi connectivity index (χ1n) is 9.42. The molecule has 0 aliphatic carbocycles. The Kier molecular flexibility index (Phi) is 4.94. The Morgan fingerprint density at radius 3 is 2.81 bits per heavy atom. The van der Waals surface area contributed by atoms with Gasteiger partial charge >= 0.3 is 0 Å². The van der Waals surface area contributed by atoms with Crippen LogP contribution in [0.2, 0.25) is 0 Å². The molecular formula is C22H25N3O2. The number of ether oxygens (including phenoxy) is 1. The van der Waals surface area contributed by atoms with Crippen molar-refractivity contribution in [1.29, 1.82) is 0 Å². The summed E-state index contributed by atoms with van der Waals surface area (Å²) in [6.07, 6.45) is 4.69. The largest absolute Gasteiger partial charge is 0.497 e. The van der Waals surface area contributed by atoms with Crippen molar-refractivity contribution < 1.29 is 9.84 Å². The summed E-state index contributed by atoms with van der Waals surface area (Å²) in [5, 5.41) is 10.3. The minimum atomic E-state index is -0.183. The molecule has 0 spiro atoms. The summed E-state index contributed by atoms with van der Waals surface area (Å²) in [6.45, 7) is 1.86. The molecule has 1 aliphatic heterocycles. The number of piperidine rings is 1. The van der Waals surface area contributed by atoms with Crippen LogP contribution < -0.4 is 9.64 Å². The van der Waals surface area contributed by atoms with Gasteiger partial charge in [-0.3, -0.25) is 4.98 Å². The highest BCUT2D eigenvalue weighted by atomic mass is 16.5. The fraction of sp³-hybridized carbons (Fsp3) is 0.364. The van der Waals surface area contributed by atoms with Gasteiger partial charge in [-0.25, -0.2) is 4.98 Å². The van der Waals surface area contributed by atoms with Crippen LogP contribution in [0.25, 0.3) is 11.0 Å². The lowest BCUT2D eigenvalue weighted by atomic mass is 9.75. The second-order valence-electron chi connectivity index (χ2n) is 7.43. The number of nitrogens with zero attached hydrogens (tertiary/aromatic N) is 3. The fourth-order valence-corrected chi connectivity index (χ4v) is 4.05. The van der Waals surface area contributed by atoms with Crippen molar-refractivity contribution in [2.75, 3.05) is 31.7 Å². The maximum atomic E-state index is 10.3. The maximum Gasteiger partial charge on any atom is 0.147 e. The monoisotopic (exact) mass is 363 g/mol. The van der Waals surface area contributed by atoms with Crippen molar-refractivity contribution in [2.45, 2.75) is 19.3 Å². The van der Waals surface area contributed by atoms with Gasteiger partial charge in [-0.2, -0.15) is 0 Å². The van der Waals surface area contributed by atoms with Gasteiger partial charge in [0.15, 0.2) is 0 Å². The van der Waals surface area contributed by atoms with E-state index in [1.807, 2.05) is 42.6 Å². The Bertz CT molecular complexity index is 930. The van der Waals surface area contributed by atoms with Crippen LogP contribution in [0, 0.1) is 5.41 Å². The van der Waals surface area contributed by atoms with Crippen LogP contribution in [0.1, 0.15) is 18.4 Å². The van der Waals surface area contributed by atoms with E-state index in [2.05, 4.69) is 22.0 Å². The Morgan fingerprint density at radius 1 is 1.15 bits per heavy atom. The number of hydrogen-bond donors (Lipinski definition) is 1. The summed E-state index contributed by atoms with van der Waals surface area (Å²) < 4.78 is 5.35. The van der Waals surface area contributed by atoms with Crippen LogP contribution in [0.15, 0.2) is 54.7 Å². The third kappa shape index (κ3) is 3.74. The first kappa shape index (κ1) is 17.7. The average Bonchev–Trinajstić information content (AvgIpc) is 2.73. The molecule has 1 saturated heterocycles. The molecular weight excluding hydrogens is 338 g/mol. The first-order chi connectivity index (χ1) is 13.2. The predicted molar refractivity (Wildman–Crippen MR) is 107 cm³/mol. The lowest BCUT2D eigenvalue weighted by molar-refractivity contribution is 0.105. The van der Waals surface area contributed by atoms with Crippen LogP contribution in [0.5, 0.6) is 5.75 Å². The molecule has 0 amide bonds. The molecule has 27 heavy (non-hydrogen) atoms. The number of aliphatic hydroxyl groups excluding tert-OH is 1. The quantitative estimate of drug-likeness (QED) is 0.752. The summed E-state index contributed by atoms with van der Waals surface area (Å²) in [5.74, 6) is 1.74. The molecule has 1 aliphatic rings. The second-order valence-corrected chi connectivity index (χ2v) is 7.43. The first-order valence-corrected chi connectivity index (χ1v) is 9.42. The molecule has 0 radical (unpaired) electrons. The topological polar surface area (TPSA) is 58.5 Å². The molecule has 4 rings (SSSR count). The van der Waals surface area contributed by atoms with Crippen molar-refractivity contribution in [3.8, 4) is 5.75 Å². The molecule has 1 aromatic heterocycles. The predicted octanol–water partition coefficient (Wildman–Crippen LogP) is 3.46. The van der Waals surface area contributed by atoms with Gasteiger partial charge in [0.25, 0.3) is 0 Å². The van der Waals surface area contributed by atoms with Crippen LogP contribution in [0.4, 0.5) is 5.82 Å². The molecule has 5 nitrogen and oxygen atoms in total. The number of hydrogen-bond acceptors (Lipinski definition) is 5. The van der Waals surface area contributed by atoms with Crippen LogP contribution in [-0.2, 0) is 6.42 Å². The summed E-state index contributed by atoms with van der Waals surface area (Å²) in [6, 6.07) is 16.1. The number of rotatable bonds is 5. The number of anilines is 1. The Balaban J connectivity index is 1.58. The van der Waals surface area contributed by atoms with Gasteiger partial charge in [-0.05, 0) is 49.1 Å². The van der Waals surface area contributed by atoms with E-state index in [1.54, 1.807) is 7.11 Å². The molecule has 2 heterocycles. The molecule has 3 aromatic rings. The highest BCUT2D eigenvalue weighted by Gasteiger charge is 2.36. The van der Waals surface area contributed by atoms with E-state index in [0.29, 0.717) is 0 Å². The van der Waals surface area contributed by atoms with Gasteiger partial charge in [-0.1, -0.05) is 24.3 Å². The number of methoxy groups -OCH3 is 1. The average molecular weight is 363 g/mol. The highest BCUT2D eigenvalue weighted by molar-refractivity contribution is 5.75. The zero-order chi connectivity index (χ0) is 18.7. The van der Waals surface area contributed by atoms with Gasteiger partial charge in [0.1, 0.15) is 11.6 Å².